The maximum atomic E-state index is 9.19. The summed E-state index contributed by atoms with van der Waals surface area (Å²) in [5.74, 6) is 0. The average molecular weight is 164 g/mol. The number of hydrogen-bond donors (Lipinski definition) is 3. The SMILES string of the molecule is CO[C@H]1C(O)OC[C@H](O)[C@H]1O. The molecule has 5 heteroatoms. The summed E-state index contributed by atoms with van der Waals surface area (Å²) >= 11 is 0. The van der Waals surface area contributed by atoms with Gasteiger partial charge >= 0.3 is 0 Å². The van der Waals surface area contributed by atoms with Gasteiger partial charge < -0.3 is 24.8 Å². The number of hydrogen-bond acceptors (Lipinski definition) is 5. The van der Waals surface area contributed by atoms with Gasteiger partial charge in [0.05, 0.1) is 6.61 Å². The van der Waals surface area contributed by atoms with Gasteiger partial charge in [-0.25, -0.2) is 0 Å². The lowest BCUT2D eigenvalue weighted by atomic mass is 10.1. The Hall–Kier alpha value is -0.200. The van der Waals surface area contributed by atoms with E-state index in [1.807, 2.05) is 0 Å². The Morgan fingerprint density at radius 3 is 2.45 bits per heavy atom. The van der Waals surface area contributed by atoms with Crippen molar-refractivity contribution < 1.29 is 24.8 Å². The first-order valence-corrected chi connectivity index (χ1v) is 3.35. The lowest BCUT2D eigenvalue weighted by Gasteiger charge is -2.34. The molecule has 4 atom stereocenters. The monoisotopic (exact) mass is 164 g/mol. The highest BCUT2D eigenvalue weighted by Crippen LogP contribution is 2.15. The predicted molar refractivity (Wildman–Crippen MR) is 34.8 cm³/mol. The van der Waals surface area contributed by atoms with E-state index < -0.39 is 24.6 Å². The fourth-order valence-corrected chi connectivity index (χ4v) is 1.03. The van der Waals surface area contributed by atoms with Crippen LogP contribution in [0.15, 0.2) is 0 Å². The first kappa shape index (κ1) is 8.89. The van der Waals surface area contributed by atoms with Gasteiger partial charge in [-0.1, -0.05) is 0 Å². The topological polar surface area (TPSA) is 79.2 Å². The van der Waals surface area contributed by atoms with E-state index in [-0.39, 0.29) is 6.61 Å². The van der Waals surface area contributed by atoms with Gasteiger partial charge in [0.1, 0.15) is 18.3 Å². The minimum atomic E-state index is -1.15. The van der Waals surface area contributed by atoms with Crippen LogP contribution in [0.2, 0.25) is 0 Å². The maximum absolute atomic E-state index is 9.19. The largest absolute Gasteiger partial charge is 0.388 e. The Morgan fingerprint density at radius 2 is 2.00 bits per heavy atom. The third-order valence-electron chi connectivity index (χ3n) is 1.72. The van der Waals surface area contributed by atoms with Crippen molar-refractivity contribution in [1.29, 1.82) is 0 Å². The van der Waals surface area contributed by atoms with Gasteiger partial charge in [0.15, 0.2) is 6.29 Å². The van der Waals surface area contributed by atoms with Crippen LogP contribution >= 0.6 is 0 Å². The van der Waals surface area contributed by atoms with Gasteiger partial charge in [-0.05, 0) is 0 Å². The number of aliphatic hydroxyl groups is 3. The van der Waals surface area contributed by atoms with E-state index in [0.29, 0.717) is 0 Å². The van der Waals surface area contributed by atoms with Gasteiger partial charge in [0.25, 0.3) is 0 Å². The Kier molecular flexibility index (Phi) is 2.80. The first-order chi connectivity index (χ1) is 5.16. The molecule has 1 aliphatic heterocycles. The van der Waals surface area contributed by atoms with Crippen molar-refractivity contribution in [3.05, 3.63) is 0 Å². The van der Waals surface area contributed by atoms with E-state index in [4.69, 9.17) is 14.9 Å². The Labute approximate surface area is 64.2 Å². The predicted octanol–water partition coefficient (Wildman–Crippen LogP) is -1.93. The molecule has 3 N–H and O–H groups in total. The fraction of sp³-hybridized carbons (Fsp3) is 1.00. The van der Waals surface area contributed by atoms with Crippen molar-refractivity contribution in [2.24, 2.45) is 0 Å². The highest BCUT2D eigenvalue weighted by Gasteiger charge is 2.37. The van der Waals surface area contributed by atoms with Crippen LogP contribution in [0, 0.1) is 0 Å². The highest BCUT2D eigenvalue weighted by molar-refractivity contribution is 4.82. The van der Waals surface area contributed by atoms with Crippen LogP contribution in [-0.2, 0) is 9.47 Å². The summed E-state index contributed by atoms with van der Waals surface area (Å²) in [5.41, 5.74) is 0. The van der Waals surface area contributed by atoms with Crippen LogP contribution in [0.25, 0.3) is 0 Å². The molecule has 1 aliphatic rings. The summed E-state index contributed by atoms with van der Waals surface area (Å²) in [7, 11) is 1.33. The zero-order valence-corrected chi connectivity index (χ0v) is 6.17. The lowest BCUT2D eigenvalue weighted by molar-refractivity contribution is -0.258. The van der Waals surface area contributed by atoms with Gasteiger partial charge in [-0.2, -0.15) is 0 Å². The van der Waals surface area contributed by atoms with E-state index in [1.165, 1.54) is 7.11 Å². The Bertz CT molecular complexity index is 128. The van der Waals surface area contributed by atoms with Crippen LogP contribution in [0.4, 0.5) is 0 Å². The van der Waals surface area contributed by atoms with Crippen molar-refractivity contribution in [2.45, 2.75) is 24.6 Å². The molecule has 0 bridgehead atoms. The molecule has 0 amide bonds. The van der Waals surface area contributed by atoms with Crippen molar-refractivity contribution in [3.8, 4) is 0 Å². The van der Waals surface area contributed by atoms with Gasteiger partial charge in [0.2, 0.25) is 0 Å². The zero-order chi connectivity index (χ0) is 8.43. The van der Waals surface area contributed by atoms with E-state index in [0.717, 1.165) is 0 Å². The minimum absolute atomic E-state index is 0.0673. The molecule has 0 aromatic carbocycles. The normalized spacial score (nSPS) is 45.8. The van der Waals surface area contributed by atoms with Crippen molar-refractivity contribution >= 4 is 0 Å². The third-order valence-corrected chi connectivity index (χ3v) is 1.72. The molecule has 1 rings (SSSR count). The van der Waals surface area contributed by atoms with E-state index in [9.17, 15) is 5.11 Å². The standard InChI is InChI=1S/C6H12O5/c1-10-5-4(8)3(7)2-11-6(5)9/h3-9H,2H2,1H3/t3-,4+,5+,6?/m0/s1. The quantitative estimate of drug-likeness (QED) is 0.420. The Balaban J connectivity index is 2.55. The molecule has 66 valence electrons. The molecule has 0 saturated carbocycles. The van der Waals surface area contributed by atoms with Crippen LogP contribution in [0.5, 0.6) is 0 Å². The smallest absolute Gasteiger partial charge is 0.183 e. The van der Waals surface area contributed by atoms with Crippen molar-refractivity contribution in [1.82, 2.24) is 0 Å². The molecule has 1 heterocycles. The molecular weight excluding hydrogens is 152 g/mol. The average Bonchev–Trinajstić information content (AvgIpc) is 1.99. The Morgan fingerprint density at radius 1 is 1.36 bits per heavy atom. The number of rotatable bonds is 1. The molecule has 1 unspecified atom stereocenters. The molecule has 1 fully saturated rings. The second-order valence-electron chi connectivity index (χ2n) is 2.48. The third kappa shape index (κ3) is 1.69. The summed E-state index contributed by atoms with van der Waals surface area (Å²) in [6, 6.07) is 0. The van der Waals surface area contributed by atoms with Crippen LogP contribution in [0.3, 0.4) is 0 Å². The number of ether oxygens (including phenoxy) is 2. The maximum Gasteiger partial charge on any atom is 0.183 e. The van der Waals surface area contributed by atoms with Gasteiger partial charge in [-0.15, -0.1) is 0 Å². The highest BCUT2D eigenvalue weighted by atomic mass is 16.6. The molecule has 5 nitrogen and oxygen atoms in total. The van der Waals surface area contributed by atoms with Crippen molar-refractivity contribution in [2.75, 3.05) is 13.7 Å². The van der Waals surface area contributed by atoms with E-state index in [1.54, 1.807) is 0 Å². The van der Waals surface area contributed by atoms with Gasteiger partial charge in [-0.3, -0.25) is 0 Å². The minimum Gasteiger partial charge on any atom is -0.388 e. The summed E-state index contributed by atoms with van der Waals surface area (Å²) in [6.45, 7) is -0.0673. The lowest BCUT2D eigenvalue weighted by Crippen LogP contribution is -2.53. The van der Waals surface area contributed by atoms with Crippen LogP contribution < -0.4 is 0 Å². The van der Waals surface area contributed by atoms with E-state index >= 15 is 0 Å². The van der Waals surface area contributed by atoms with Gasteiger partial charge in [0, 0.05) is 7.11 Å². The fourth-order valence-electron chi connectivity index (χ4n) is 1.03. The second-order valence-corrected chi connectivity index (χ2v) is 2.48. The van der Waals surface area contributed by atoms with Crippen LogP contribution in [-0.4, -0.2) is 53.6 Å². The summed E-state index contributed by atoms with van der Waals surface area (Å²) in [5, 5.41) is 27.3. The molecular formula is C6H12O5. The summed E-state index contributed by atoms with van der Waals surface area (Å²) in [6.07, 6.45) is -4.08. The molecule has 0 spiro atoms. The molecule has 0 aromatic rings. The molecule has 0 aromatic heterocycles. The summed E-state index contributed by atoms with van der Waals surface area (Å²) < 4.78 is 9.39. The molecule has 0 radical (unpaired) electrons. The van der Waals surface area contributed by atoms with Crippen LogP contribution in [0.1, 0.15) is 0 Å². The molecule has 11 heavy (non-hydrogen) atoms. The number of aliphatic hydroxyl groups excluding tert-OH is 3. The van der Waals surface area contributed by atoms with Crippen molar-refractivity contribution in [3.63, 3.8) is 0 Å². The molecule has 0 aliphatic carbocycles. The molecule has 1 saturated heterocycles. The first-order valence-electron chi connectivity index (χ1n) is 3.35. The van der Waals surface area contributed by atoms with E-state index in [2.05, 4.69) is 4.74 Å². The zero-order valence-electron chi connectivity index (χ0n) is 6.17. The number of methoxy groups -OCH3 is 1. The second kappa shape index (κ2) is 3.46. The summed E-state index contributed by atoms with van der Waals surface area (Å²) in [4.78, 5) is 0.